The summed E-state index contributed by atoms with van der Waals surface area (Å²) >= 11 is 0.491. The third-order valence-electron chi connectivity index (χ3n) is 1.13. The molecule has 0 heterocycles. The lowest BCUT2D eigenvalue weighted by Gasteiger charge is -2.01. The third kappa shape index (κ3) is 3.64. The van der Waals surface area contributed by atoms with Gasteiger partial charge in [-0.05, 0) is 12.1 Å². The molecule has 3 N–H and O–H groups in total. The van der Waals surface area contributed by atoms with E-state index >= 15 is 0 Å². The fourth-order valence-corrected chi connectivity index (χ4v) is 1.57. The Kier molecular flexibility index (Phi) is 3.15. The second-order valence-electron chi connectivity index (χ2n) is 2.12. The molecule has 72 valence electrons. The standard InChI is InChI=1S/C6H7NO4S2/c7-5-3-1-2-4-6(5)12-11-13(8,9)10/h1-4H,7H2,(H,8,9,10). The highest BCUT2D eigenvalue weighted by molar-refractivity contribution is 8.02. The molecule has 0 bridgehead atoms. The molecule has 0 saturated heterocycles. The fraction of sp³-hybridized carbons (Fsp3) is 0. The lowest BCUT2D eigenvalue weighted by atomic mass is 10.3. The van der Waals surface area contributed by atoms with Crippen molar-refractivity contribution in [1.82, 2.24) is 0 Å². The zero-order valence-electron chi connectivity index (χ0n) is 6.38. The maximum absolute atomic E-state index is 10.2. The van der Waals surface area contributed by atoms with Gasteiger partial charge in [0.05, 0.1) is 16.9 Å². The SMILES string of the molecule is Nc1ccccc1SOS(=O)(=O)O. The van der Waals surface area contributed by atoms with E-state index < -0.39 is 10.4 Å². The molecule has 1 aromatic rings. The lowest BCUT2D eigenvalue weighted by Crippen LogP contribution is -1.97. The molecule has 1 aromatic carbocycles. The van der Waals surface area contributed by atoms with Crippen LogP contribution in [0.4, 0.5) is 5.69 Å². The van der Waals surface area contributed by atoms with Crippen LogP contribution in [-0.4, -0.2) is 13.0 Å². The summed E-state index contributed by atoms with van der Waals surface area (Å²) in [6, 6.07) is 6.54. The zero-order valence-corrected chi connectivity index (χ0v) is 8.01. The Labute approximate surface area is 80.1 Å². The van der Waals surface area contributed by atoms with Gasteiger partial charge in [-0.3, -0.25) is 4.55 Å². The first-order valence-electron chi connectivity index (χ1n) is 3.17. The third-order valence-corrected chi connectivity index (χ3v) is 2.64. The van der Waals surface area contributed by atoms with Crippen LogP contribution in [0.2, 0.25) is 0 Å². The van der Waals surface area contributed by atoms with Crippen molar-refractivity contribution < 1.29 is 16.6 Å². The molecule has 7 heteroatoms. The van der Waals surface area contributed by atoms with Crippen LogP contribution in [0.3, 0.4) is 0 Å². The average molecular weight is 221 g/mol. The van der Waals surface area contributed by atoms with E-state index in [1.54, 1.807) is 24.3 Å². The predicted molar refractivity (Wildman–Crippen MR) is 49.3 cm³/mol. The van der Waals surface area contributed by atoms with Gasteiger partial charge in [-0.2, -0.15) is 12.0 Å². The van der Waals surface area contributed by atoms with Crippen LogP contribution in [0.1, 0.15) is 0 Å². The summed E-state index contributed by atoms with van der Waals surface area (Å²) in [5.41, 5.74) is 5.86. The minimum atomic E-state index is -4.43. The summed E-state index contributed by atoms with van der Waals surface area (Å²) in [5, 5.41) is 0. The van der Waals surface area contributed by atoms with Crippen LogP contribution in [0.25, 0.3) is 0 Å². The van der Waals surface area contributed by atoms with Gasteiger partial charge in [0.2, 0.25) is 0 Å². The van der Waals surface area contributed by atoms with Crippen LogP contribution in [0.15, 0.2) is 29.2 Å². The quantitative estimate of drug-likeness (QED) is 0.451. The highest BCUT2D eigenvalue weighted by Crippen LogP contribution is 2.26. The van der Waals surface area contributed by atoms with E-state index in [9.17, 15) is 8.42 Å². The summed E-state index contributed by atoms with van der Waals surface area (Å²) in [6.07, 6.45) is 0. The van der Waals surface area contributed by atoms with E-state index in [4.69, 9.17) is 10.3 Å². The Morgan fingerprint density at radius 1 is 1.38 bits per heavy atom. The predicted octanol–water partition coefficient (Wildman–Crippen LogP) is 1.10. The van der Waals surface area contributed by atoms with E-state index in [1.807, 2.05) is 0 Å². The second-order valence-corrected chi connectivity index (χ2v) is 4.12. The van der Waals surface area contributed by atoms with Gasteiger partial charge in [0, 0.05) is 5.69 Å². The number of rotatable bonds is 3. The normalized spacial score (nSPS) is 11.5. The van der Waals surface area contributed by atoms with Crippen LogP contribution in [-0.2, 0) is 14.0 Å². The molecule has 0 atom stereocenters. The number of anilines is 1. The molecular weight excluding hydrogens is 214 g/mol. The molecule has 13 heavy (non-hydrogen) atoms. The lowest BCUT2D eigenvalue weighted by molar-refractivity contribution is 0.408. The first-order chi connectivity index (χ1) is 5.99. The van der Waals surface area contributed by atoms with Gasteiger partial charge in [0.1, 0.15) is 0 Å². The maximum atomic E-state index is 10.2. The van der Waals surface area contributed by atoms with Crippen molar-refractivity contribution in [3.05, 3.63) is 24.3 Å². The number of nitrogen functional groups attached to an aromatic ring is 1. The minimum absolute atomic E-state index is 0.385. The highest BCUT2D eigenvalue weighted by Gasteiger charge is 2.07. The van der Waals surface area contributed by atoms with E-state index in [1.165, 1.54) is 0 Å². The first kappa shape index (κ1) is 10.3. The Morgan fingerprint density at radius 2 is 2.00 bits per heavy atom. The molecule has 1 rings (SSSR count). The zero-order chi connectivity index (χ0) is 9.90. The molecule has 0 aromatic heterocycles. The van der Waals surface area contributed by atoms with Crippen molar-refractivity contribution in [2.45, 2.75) is 4.90 Å². The molecule has 0 aliphatic carbocycles. The summed E-state index contributed by atoms with van der Waals surface area (Å²) in [4.78, 5) is 0.431. The summed E-state index contributed by atoms with van der Waals surface area (Å²) in [5.74, 6) is 0. The summed E-state index contributed by atoms with van der Waals surface area (Å²) in [6.45, 7) is 0. The highest BCUT2D eigenvalue weighted by atomic mass is 32.3. The fourth-order valence-electron chi connectivity index (χ4n) is 0.636. The molecule has 0 aliphatic heterocycles. The van der Waals surface area contributed by atoms with Crippen LogP contribution in [0.5, 0.6) is 0 Å². The molecule has 0 radical (unpaired) electrons. The number of benzene rings is 1. The van der Waals surface area contributed by atoms with Gasteiger partial charge < -0.3 is 5.73 Å². The van der Waals surface area contributed by atoms with Crippen LogP contribution >= 0.6 is 12.0 Å². The molecule has 5 nitrogen and oxygen atoms in total. The maximum Gasteiger partial charge on any atom is 0.408 e. The number of para-hydroxylation sites is 1. The van der Waals surface area contributed by atoms with Crippen molar-refractivity contribution in [2.75, 3.05) is 5.73 Å². The Morgan fingerprint density at radius 3 is 2.54 bits per heavy atom. The Hall–Kier alpha value is -0.760. The number of nitrogens with two attached hydrogens (primary N) is 1. The molecule has 0 unspecified atom stereocenters. The largest absolute Gasteiger partial charge is 0.408 e. The molecule has 0 fully saturated rings. The molecule has 0 amide bonds. The van der Waals surface area contributed by atoms with Gasteiger partial charge in [0.15, 0.2) is 0 Å². The Bertz CT molecular complexity index is 389. The monoisotopic (exact) mass is 221 g/mol. The van der Waals surface area contributed by atoms with E-state index in [0.717, 1.165) is 0 Å². The number of hydrogen-bond donors (Lipinski definition) is 2. The summed E-state index contributed by atoms with van der Waals surface area (Å²) < 4.78 is 32.7. The minimum Gasteiger partial charge on any atom is -0.398 e. The van der Waals surface area contributed by atoms with Gasteiger partial charge in [-0.15, -0.1) is 0 Å². The van der Waals surface area contributed by atoms with Gasteiger partial charge in [-0.25, -0.2) is 0 Å². The van der Waals surface area contributed by atoms with Crippen molar-refractivity contribution in [3.8, 4) is 0 Å². The summed E-state index contributed by atoms with van der Waals surface area (Å²) in [7, 11) is -4.43. The van der Waals surface area contributed by atoms with Crippen molar-refractivity contribution in [3.63, 3.8) is 0 Å². The van der Waals surface area contributed by atoms with E-state index in [-0.39, 0.29) is 0 Å². The van der Waals surface area contributed by atoms with Crippen molar-refractivity contribution in [2.24, 2.45) is 0 Å². The molecular formula is C6H7NO4S2. The average Bonchev–Trinajstić information content (AvgIpc) is 2.01. The van der Waals surface area contributed by atoms with Crippen LogP contribution < -0.4 is 5.73 Å². The Balaban J connectivity index is 2.71. The molecule has 0 spiro atoms. The van der Waals surface area contributed by atoms with E-state index in [0.29, 0.717) is 22.6 Å². The van der Waals surface area contributed by atoms with Gasteiger partial charge in [-0.1, -0.05) is 12.1 Å². The second kappa shape index (κ2) is 3.97. The molecule has 0 aliphatic rings. The van der Waals surface area contributed by atoms with Crippen LogP contribution in [0, 0.1) is 0 Å². The van der Waals surface area contributed by atoms with Crippen molar-refractivity contribution >= 4 is 28.1 Å². The smallest absolute Gasteiger partial charge is 0.398 e. The van der Waals surface area contributed by atoms with Crippen molar-refractivity contribution in [1.29, 1.82) is 0 Å². The molecule has 0 saturated carbocycles. The number of hydrogen-bond acceptors (Lipinski definition) is 5. The van der Waals surface area contributed by atoms with Gasteiger partial charge in [0.25, 0.3) is 0 Å². The van der Waals surface area contributed by atoms with Gasteiger partial charge >= 0.3 is 10.4 Å². The topological polar surface area (TPSA) is 89.6 Å². The van der Waals surface area contributed by atoms with E-state index in [2.05, 4.69) is 3.63 Å². The first-order valence-corrected chi connectivity index (χ1v) is 5.28.